The Morgan fingerprint density at radius 2 is 2.19 bits per heavy atom. The minimum Gasteiger partial charge on any atom is -0.451 e. The number of piperidine rings is 1. The number of carbonyl (C=O) groups is 2. The summed E-state index contributed by atoms with van der Waals surface area (Å²) in [5.74, 6) is -4.04. The Hall–Kier alpha value is -1.99. The summed E-state index contributed by atoms with van der Waals surface area (Å²) in [6.07, 6.45) is 2.01. The Labute approximate surface area is 119 Å². The van der Waals surface area contributed by atoms with Gasteiger partial charge in [-0.2, -0.15) is 0 Å². The van der Waals surface area contributed by atoms with E-state index in [1.165, 1.54) is 4.90 Å². The van der Waals surface area contributed by atoms with Crippen LogP contribution in [0.15, 0.2) is 17.1 Å². The summed E-state index contributed by atoms with van der Waals surface area (Å²) >= 11 is 0. The topological polar surface area (TPSA) is 66.7 Å². The molecule has 2 saturated heterocycles. The standard InChI is InChI=1S/C13H15F2N3O3/c1-17-3-2-12(11(17)20)5-13(14,15)7-18(6-12)10(19)9-4-21-8-16-9/h4,8H,2-3,5-7H2,1H3/t12-/m0/s1. The van der Waals surface area contributed by atoms with Gasteiger partial charge in [0, 0.05) is 26.6 Å². The number of likely N-dealkylation sites (tertiary alicyclic amines) is 2. The molecule has 8 heteroatoms. The lowest BCUT2D eigenvalue weighted by atomic mass is 9.77. The number of amides is 2. The van der Waals surface area contributed by atoms with Crippen molar-refractivity contribution in [1.82, 2.24) is 14.8 Å². The van der Waals surface area contributed by atoms with Gasteiger partial charge < -0.3 is 14.2 Å². The van der Waals surface area contributed by atoms with Crippen molar-refractivity contribution in [2.45, 2.75) is 18.8 Å². The molecule has 0 saturated carbocycles. The highest BCUT2D eigenvalue weighted by atomic mass is 19.3. The number of alkyl halides is 2. The maximum Gasteiger partial charge on any atom is 0.276 e. The van der Waals surface area contributed by atoms with E-state index in [1.54, 1.807) is 7.05 Å². The van der Waals surface area contributed by atoms with Gasteiger partial charge in [-0.1, -0.05) is 0 Å². The van der Waals surface area contributed by atoms with E-state index >= 15 is 0 Å². The van der Waals surface area contributed by atoms with Crippen LogP contribution in [0, 0.1) is 5.41 Å². The Morgan fingerprint density at radius 1 is 1.43 bits per heavy atom. The summed E-state index contributed by atoms with van der Waals surface area (Å²) in [7, 11) is 1.59. The molecule has 6 nitrogen and oxygen atoms in total. The monoisotopic (exact) mass is 299 g/mol. The molecule has 0 radical (unpaired) electrons. The molecule has 0 bridgehead atoms. The molecule has 2 aliphatic heterocycles. The molecule has 0 unspecified atom stereocenters. The first kappa shape index (κ1) is 14.0. The van der Waals surface area contributed by atoms with Gasteiger partial charge in [-0.05, 0) is 6.42 Å². The summed E-state index contributed by atoms with van der Waals surface area (Å²) in [5.41, 5.74) is -1.21. The van der Waals surface area contributed by atoms with Gasteiger partial charge in [-0.3, -0.25) is 9.59 Å². The van der Waals surface area contributed by atoms with E-state index in [4.69, 9.17) is 4.42 Å². The molecule has 2 amide bonds. The van der Waals surface area contributed by atoms with E-state index in [9.17, 15) is 18.4 Å². The minimum atomic E-state index is -3.08. The quantitative estimate of drug-likeness (QED) is 0.776. The van der Waals surface area contributed by atoms with Crippen molar-refractivity contribution in [2.75, 3.05) is 26.7 Å². The number of oxazole rings is 1. The maximum atomic E-state index is 14.0. The first-order chi connectivity index (χ1) is 9.83. The van der Waals surface area contributed by atoms with Crippen LogP contribution in [0.4, 0.5) is 8.78 Å². The highest BCUT2D eigenvalue weighted by Crippen LogP contribution is 2.45. The lowest BCUT2D eigenvalue weighted by molar-refractivity contribution is -0.150. The molecule has 3 heterocycles. The fourth-order valence-electron chi connectivity index (χ4n) is 3.24. The molecule has 3 rings (SSSR count). The second-order valence-electron chi connectivity index (χ2n) is 5.82. The third-order valence-corrected chi connectivity index (χ3v) is 4.18. The zero-order valence-corrected chi connectivity index (χ0v) is 11.5. The number of rotatable bonds is 1. The molecule has 0 aromatic carbocycles. The van der Waals surface area contributed by atoms with Crippen LogP contribution in [0.2, 0.25) is 0 Å². The minimum absolute atomic E-state index is 0.00252. The largest absolute Gasteiger partial charge is 0.451 e. The third kappa shape index (κ3) is 2.28. The van der Waals surface area contributed by atoms with Crippen LogP contribution in [0.1, 0.15) is 23.3 Å². The fraction of sp³-hybridized carbons (Fsp3) is 0.615. The van der Waals surface area contributed by atoms with Gasteiger partial charge in [0.25, 0.3) is 11.8 Å². The van der Waals surface area contributed by atoms with Crippen molar-refractivity contribution >= 4 is 11.8 Å². The molecule has 114 valence electrons. The average molecular weight is 299 g/mol. The number of nitrogens with zero attached hydrogens (tertiary/aromatic N) is 3. The Bertz CT molecular complexity index is 575. The van der Waals surface area contributed by atoms with Crippen LogP contribution >= 0.6 is 0 Å². The molecule has 21 heavy (non-hydrogen) atoms. The van der Waals surface area contributed by atoms with Gasteiger partial charge in [-0.15, -0.1) is 0 Å². The number of halogens is 2. The Balaban J connectivity index is 1.89. The highest BCUT2D eigenvalue weighted by molar-refractivity contribution is 5.93. The molecule has 1 aromatic heterocycles. The van der Waals surface area contributed by atoms with Crippen molar-refractivity contribution in [3.05, 3.63) is 18.4 Å². The van der Waals surface area contributed by atoms with Crippen LogP contribution in [-0.2, 0) is 4.79 Å². The molecule has 1 spiro atoms. The first-order valence-corrected chi connectivity index (χ1v) is 6.64. The number of hydrogen-bond donors (Lipinski definition) is 0. The smallest absolute Gasteiger partial charge is 0.276 e. The summed E-state index contributed by atoms with van der Waals surface area (Å²) in [6, 6.07) is 0. The predicted molar refractivity (Wildman–Crippen MR) is 66.7 cm³/mol. The van der Waals surface area contributed by atoms with E-state index in [2.05, 4.69) is 4.98 Å². The van der Waals surface area contributed by atoms with Gasteiger partial charge >= 0.3 is 0 Å². The molecule has 1 atom stereocenters. The molecular weight excluding hydrogens is 284 g/mol. The highest BCUT2D eigenvalue weighted by Gasteiger charge is 2.57. The van der Waals surface area contributed by atoms with E-state index in [-0.39, 0.29) is 18.1 Å². The van der Waals surface area contributed by atoms with Crippen LogP contribution in [0.25, 0.3) is 0 Å². The molecule has 2 fully saturated rings. The van der Waals surface area contributed by atoms with Crippen LogP contribution in [-0.4, -0.2) is 59.2 Å². The summed E-state index contributed by atoms with van der Waals surface area (Å²) in [4.78, 5) is 30.6. The van der Waals surface area contributed by atoms with Gasteiger partial charge in [-0.25, -0.2) is 13.8 Å². The van der Waals surface area contributed by atoms with Crippen molar-refractivity contribution in [2.24, 2.45) is 5.41 Å². The molecular formula is C13H15F2N3O3. The number of carbonyl (C=O) groups excluding carboxylic acids is 2. The average Bonchev–Trinajstić information content (AvgIpc) is 3.02. The van der Waals surface area contributed by atoms with Crippen LogP contribution in [0.3, 0.4) is 0 Å². The number of hydrogen-bond acceptors (Lipinski definition) is 4. The molecule has 0 N–H and O–H groups in total. The molecule has 0 aliphatic carbocycles. The lowest BCUT2D eigenvalue weighted by Gasteiger charge is -2.42. The maximum absolute atomic E-state index is 14.0. The third-order valence-electron chi connectivity index (χ3n) is 4.18. The molecule has 1 aromatic rings. The van der Waals surface area contributed by atoms with Gasteiger partial charge in [0.15, 0.2) is 12.1 Å². The van der Waals surface area contributed by atoms with E-state index in [0.29, 0.717) is 13.0 Å². The van der Waals surface area contributed by atoms with Crippen LogP contribution in [0.5, 0.6) is 0 Å². The summed E-state index contributed by atoms with van der Waals surface area (Å²) in [6.45, 7) is -0.268. The molecule has 2 aliphatic rings. The normalized spacial score (nSPS) is 28.4. The van der Waals surface area contributed by atoms with Gasteiger partial charge in [0.2, 0.25) is 5.91 Å². The van der Waals surface area contributed by atoms with Gasteiger partial charge in [0.1, 0.15) is 6.26 Å². The first-order valence-electron chi connectivity index (χ1n) is 6.64. The van der Waals surface area contributed by atoms with Crippen molar-refractivity contribution < 1.29 is 22.8 Å². The van der Waals surface area contributed by atoms with Crippen molar-refractivity contribution in [3.63, 3.8) is 0 Å². The summed E-state index contributed by atoms with van der Waals surface area (Å²) < 4.78 is 32.8. The number of aromatic nitrogens is 1. The second-order valence-corrected chi connectivity index (χ2v) is 5.82. The van der Waals surface area contributed by atoms with Crippen LogP contribution < -0.4 is 0 Å². The van der Waals surface area contributed by atoms with Gasteiger partial charge in [0.05, 0.1) is 12.0 Å². The SMILES string of the molecule is CN1CC[C@]2(CN(C(=O)c3cocn3)CC(F)(F)C2)C1=O. The van der Waals surface area contributed by atoms with Crippen molar-refractivity contribution in [3.8, 4) is 0 Å². The van der Waals surface area contributed by atoms with Crippen molar-refractivity contribution in [1.29, 1.82) is 0 Å². The summed E-state index contributed by atoms with van der Waals surface area (Å²) in [5, 5.41) is 0. The predicted octanol–water partition coefficient (Wildman–Crippen LogP) is 1.00. The van der Waals surface area contributed by atoms with E-state index in [0.717, 1.165) is 17.6 Å². The second kappa shape index (κ2) is 4.51. The fourth-order valence-corrected chi connectivity index (χ4v) is 3.24. The van der Waals surface area contributed by atoms with E-state index in [1.807, 2.05) is 0 Å². The Morgan fingerprint density at radius 3 is 2.76 bits per heavy atom. The Kier molecular flexibility index (Phi) is 3.00. The zero-order valence-electron chi connectivity index (χ0n) is 11.5. The lowest BCUT2D eigenvalue weighted by Crippen LogP contribution is -2.57. The zero-order chi connectivity index (χ0) is 15.3. The van der Waals surface area contributed by atoms with E-state index < -0.39 is 30.2 Å².